The Morgan fingerprint density at radius 2 is 1.76 bits per heavy atom. The molecule has 0 saturated carbocycles. The number of hydrogen-bond donors (Lipinski definition) is 2. The number of carbonyl (C=O) groups excluding carboxylic acids is 1. The number of nitrogens with one attached hydrogen (secondary N) is 2. The predicted molar refractivity (Wildman–Crippen MR) is 118 cm³/mol. The quantitative estimate of drug-likeness (QED) is 0.421. The number of alkyl halides is 3. The zero-order chi connectivity index (χ0) is 24.3. The van der Waals surface area contributed by atoms with Gasteiger partial charge < -0.3 is 15.2 Å². The van der Waals surface area contributed by atoms with Crippen molar-refractivity contribution in [3.63, 3.8) is 0 Å². The summed E-state index contributed by atoms with van der Waals surface area (Å²) in [5, 5.41) is 13.7. The zero-order valence-electron chi connectivity index (χ0n) is 18.1. The van der Waals surface area contributed by atoms with E-state index in [-0.39, 0.29) is 11.7 Å². The van der Waals surface area contributed by atoms with Crippen LogP contribution in [0.25, 0.3) is 11.5 Å². The molecule has 0 aliphatic heterocycles. The van der Waals surface area contributed by atoms with Crippen molar-refractivity contribution in [2.75, 3.05) is 10.6 Å². The molecule has 0 saturated heterocycles. The monoisotopic (exact) mass is 468 g/mol. The summed E-state index contributed by atoms with van der Waals surface area (Å²) in [6.45, 7) is 3.99. The summed E-state index contributed by atoms with van der Waals surface area (Å²) in [7, 11) is 0. The van der Waals surface area contributed by atoms with Crippen molar-refractivity contribution < 1.29 is 18.0 Å². The topological polar surface area (TPSA) is 111 Å². The first kappa shape index (κ1) is 22.8. The number of aromatic nitrogens is 6. The molecule has 174 valence electrons. The lowest BCUT2D eigenvalue weighted by Gasteiger charge is -2.11. The third-order valence-corrected chi connectivity index (χ3v) is 4.67. The minimum Gasteiger partial charge on any atom is -0.353 e. The van der Waals surface area contributed by atoms with Crippen LogP contribution in [0.4, 0.5) is 30.4 Å². The van der Waals surface area contributed by atoms with Crippen molar-refractivity contribution in [3.8, 4) is 11.5 Å². The van der Waals surface area contributed by atoms with Gasteiger partial charge in [0.15, 0.2) is 5.82 Å². The summed E-state index contributed by atoms with van der Waals surface area (Å²) < 4.78 is 39.7. The molecule has 3 aromatic heterocycles. The minimum atomic E-state index is -4.62. The van der Waals surface area contributed by atoms with Crippen molar-refractivity contribution in [2.45, 2.75) is 26.1 Å². The summed E-state index contributed by atoms with van der Waals surface area (Å²) in [6, 6.07) is 11.8. The number of rotatable bonds is 6. The van der Waals surface area contributed by atoms with Crippen LogP contribution in [0.1, 0.15) is 36.1 Å². The number of nitrogens with zero attached hydrogens (tertiary/aromatic N) is 6. The van der Waals surface area contributed by atoms with Crippen LogP contribution in [0, 0.1) is 0 Å². The molecule has 0 radical (unpaired) electrons. The van der Waals surface area contributed by atoms with E-state index >= 15 is 0 Å². The maximum atomic E-state index is 12.8. The fourth-order valence-electron chi connectivity index (χ4n) is 3.07. The van der Waals surface area contributed by atoms with E-state index < -0.39 is 17.9 Å². The molecule has 1 aromatic carbocycles. The third-order valence-electron chi connectivity index (χ3n) is 4.67. The van der Waals surface area contributed by atoms with Crippen molar-refractivity contribution in [3.05, 3.63) is 72.6 Å². The molecule has 0 spiro atoms. The average molecular weight is 468 g/mol. The van der Waals surface area contributed by atoms with Crippen molar-refractivity contribution in [2.24, 2.45) is 0 Å². The summed E-state index contributed by atoms with van der Waals surface area (Å²) in [4.78, 5) is 23.9. The highest BCUT2D eigenvalue weighted by atomic mass is 19.4. The van der Waals surface area contributed by atoms with E-state index in [0.717, 1.165) is 12.4 Å². The zero-order valence-corrected chi connectivity index (χ0v) is 18.1. The highest BCUT2D eigenvalue weighted by Crippen LogP contribution is 2.26. The van der Waals surface area contributed by atoms with Crippen molar-refractivity contribution in [1.82, 2.24) is 29.7 Å². The molecule has 0 atom stereocenters. The van der Waals surface area contributed by atoms with Gasteiger partial charge in [-0.3, -0.25) is 4.79 Å². The molecule has 4 rings (SSSR count). The third kappa shape index (κ3) is 5.17. The van der Waals surface area contributed by atoms with Gasteiger partial charge in [-0.1, -0.05) is 12.1 Å². The first-order valence-electron chi connectivity index (χ1n) is 10.2. The Hall–Kier alpha value is -4.35. The molecule has 0 aliphatic carbocycles. The lowest BCUT2D eigenvalue weighted by molar-refractivity contribution is -0.144. The Labute approximate surface area is 192 Å². The number of benzene rings is 1. The van der Waals surface area contributed by atoms with Gasteiger partial charge in [-0.2, -0.15) is 13.2 Å². The molecule has 0 aliphatic rings. The van der Waals surface area contributed by atoms with Crippen LogP contribution in [0.15, 0.2) is 61.2 Å². The number of amides is 1. The summed E-state index contributed by atoms with van der Waals surface area (Å²) in [5.41, 5.74) is 1.59. The van der Waals surface area contributed by atoms with Gasteiger partial charge in [0.2, 0.25) is 5.82 Å². The van der Waals surface area contributed by atoms with E-state index in [0.29, 0.717) is 28.6 Å². The molecule has 34 heavy (non-hydrogen) atoms. The van der Waals surface area contributed by atoms with Gasteiger partial charge in [0, 0.05) is 17.3 Å². The van der Waals surface area contributed by atoms with Crippen LogP contribution in [0.3, 0.4) is 0 Å². The van der Waals surface area contributed by atoms with Gasteiger partial charge in [0.05, 0.1) is 18.1 Å². The SMILES string of the molecule is CC(C)n1cnnc1-c1cccc(NC(=O)c2cccc(Nc3cnc(C(F)(F)F)nc3)c2)n1. The van der Waals surface area contributed by atoms with Gasteiger partial charge in [0.1, 0.15) is 17.8 Å². The van der Waals surface area contributed by atoms with E-state index in [1.54, 1.807) is 48.8 Å². The van der Waals surface area contributed by atoms with E-state index in [9.17, 15) is 18.0 Å². The lowest BCUT2D eigenvalue weighted by Crippen LogP contribution is -2.13. The summed E-state index contributed by atoms with van der Waals surface area (Å²) >= 11 is 0. The standard InChI is InChI=1S/C22H19F3N8O/c1-13(2)33-12-28-32-19(33)17-7-4-8-18(30-17)31-20(34)14-5-3-6-15(9-14)29-16-10-26-21(27-11-16)22(23,24)25/h3-13,29H,1-2H3,(H,30,31,34). The maximum absolute atomic E-state index is 12.8. The Kier molecular flexibility index (Phi) is 6.21. The number of anilines is 3. The summed E-state index contributed by atoms with van der Waals surface area (Å²) in [5.74, 6) is -0.735. The van der Waals surface area contributed by atoms with Crippen LogP contribution in [0.5, 0.6) is 0 Å². The first-order valence-corrected chi connectivity index (χ1v) is 10.2. The largest absolute Gasteiger partial charge is 0.451 e. The molecule has 0 unspecified atom stereocenters. The van der Waals surface area contributed by atoms with E-state index in [2.05, 4.69) is 35.8 Å². The van der Waals surface area contributed by atoms with Crippen molar-refractivity contribution >= 4 is 23.1 Å². The van der Waals surface area contributed by atoms with Crippen LogP contribution >= 0.6 is 0 Å². The molecule has 0 fully saturated rings. The fraction of sp³-hybridized carbons (Fsp3) is 0.182. The Bertz CT molecular complexity index is 1300. The van der Waals surface area contributed by atoms with Gasteiger partial charge >= 0.3 is 6.18 Å². The van der Waals surface area contributed by atoms with Crippen LogP contribution in [-0.4, -0.2) is 35.6 Å². The van der Waals surface area contributed by atoms with E-state index in [1.165, 1.54) is 0 Å². The number of halogens is 3. The Morgan fingerprint density at radius 1 is 1.03 bits per heavy atom. The normalized spacial score (nSPS) is 11.5. The fourth-order valence-corrected chi connectivity index (χ4v) is 3.07. The highest BCUT2D eigenvalue weighted by Gasteiger charge is 2.34. The molecular formula is C22H19F3N8O. The minimum absolute atomic E-state index is 0.135. The number of carbonyl (C=O) groups is 1. The molecular weight excluding hydrogens is 449 g/mol. The summed E-state index contributed by atoms with van der Waals surface area (Å²) in [6.07, 6.45) is -0.957. The van der Waals surface area contributed by atoms with Gasteiger partial charge in [-0.15, -0.1) is 10.2 Å². The van der Waals surface area contributed by atoms with Crippen molar-refractivity contribution in [1.29, 1.82) is 0 Å². The smallest absolute Gasteiger partial charge is 0.353 e. The van der Waals surface area contributed by atoms with E-state index in [1.807, 2.05) is 18.4 Å². The molecule has 4 aromatic rings. The van der Waals surface area contributed by atoms with Crippen LogP contribution in [0.2, 0.25) is 0 Å². The Balaban J connectivity index is 1.48. The maximum Gasteiger partial charge on any atom is 0.451 e. The van der Waals surface area contributed by atoms with Crippen LogP contribution < -0.4 is 10.6 Å². The number of hydrogen-bond acceptors (Lipinski definition) is 7. The molecule has 1 amide bonds. The van der Waals surface area contributed by atoms with Gasteiger partial charge in [0.25, 0.3) is 5.91 Å². The lowest BCUT2D eigenvalue weighted by atomic mass is 10.2. The predicted octanol–water partition coefficient (Wildman–Crippen LogP) is 4.73. The second-order valence-corrected chi connectivity index (χ2v) is 7.52. The molecule has 0 bridgehead atoms. The van der Waals surface area contributed by atoms with Gasteiger partial charge in [-0.05, 0) is 44.2 Å². The average Bonchev–Trinajstić information content (AvgIpc) is 3.30. The molecule has 3 heterocycles. The second-order valence-electron chi connectivity index (χ2n) is 7.52. The van der Waals surface area contributed by atoms with Crippen LogP contribution in [-0.2, 0) is 6.18 Å². The van der Waals surface area contributed by atoms with Gasteiger partial charge in [-0.25, -0.2) is 15.0 Å². The second kappa shape index (κ2) is 9.25. The molecule has 9 nitrogen and oxygen atoms in total. The first-order chi connectivity index (χ1) is 16.2. The molecule has 2 N–H and O–H groups in total. The highest BCUT2D eigenvalue weighted by molar-refractivity contribution is 6.04. The Morgan fingerprint density at radius 3 is 2.47 bits per heavy atom. The van der Waals surface area contributed by atoms with E-state index in [4.69, 9.17) is 0 Å². The molecule has 12 heteroatoms. The number of pyridine rings is 1.